The molecule has 23 heavy (non-hydrogen) atoms. The van der Waals surface area contributed by atoms with Crippen molar-refractivity contribution in [2.75, 3.05) is 5.32 Å². The number of nitrogens with two attached hydrogens (primary N) is 1. The van der Waals surface area contributed by atoms with Crippen molar-refractivity contribution < 1.29 is 18.7 Å². The standard InChI is InChI=1S/C17H17FN2O3/c1-10-3-6-13(9-15(10)18)20-17(22)11(2)23-14-7-4-12(5-8-14)16(19)21/h3-9,11H,1-2H3,(H2,19,21)(H,20,22). The van der Waals surface area contributed by atoms with Gasteiger partial charge in [-0.2, -0.15) is 0 Å². The van der Waals surface area contributed by atoms with E-state index in [9.17, 15) is 14.0 Å². The molecule has 1 unspecified atom stereocenters. The molecule has 5 nitrogen and oxygen atoms in total. The smallest absolute Gasteiger partial charge is 0.265 e. The average Bonchev–Trinajstić information content (AvgIpc) is 2.51. The van der Waals surface area contributed by atoms with Crippen LogP contribution in [0.4, 0.5) is 10.1 Å². The average molecular weight is 316 g/mol. The molecule has 0 aliphatic rings. The first-order valence-electron chi connectivity index (χ1n) is 7.00. The number of aryl methyl sites for hydroxylation is 1. The second-order valence-corrected chi connectivity index (χ2v) is 5.10. The van der Waals surface area contributed by atoms with Gasteiger partial charge >= 0.3 is 0 Å². The molecule has 0 heterocycles. The van der Waals surface area contributed by atoms with Crippen LogP contribution in [0.15, 0.2) is 42.5 Å². The minimum absolute atomic E-state index is 0.351. The van der Waals surface area contributed by atoms with Gasteiger partial charge < -0.3 is 15.8 Å². The van der Waals surface area contributed by atoms with Crippen LogP contribution in [-0.4, -0.2) is 17.9 Å². The molecule has 0 aromatic heterocycles. The van der Waals surface area contributed by atoms with Gasteiger partial charge in [-0.25, -0.2) is 4.39 Å². The highest BCUT2D eigenvalue weighted by atomic mass is 19.1. The number of carbonyl (C=O) groups is 2. The van der Waals surface area contributed by atoms with Gasteiger partial charge in [0.2, 0.25) is 5.91 Å². The quantitative estimate of drug-likeness (QED) is 0.889. The van der Waals surface area contributed by atoms with Crippen molar-refractivity contribution in [2.45, 2.75) is 20.0 Å². The van der Waals surface area contributed by atoms with Crippen molar-refractivity contribution in [1.29, 1.82) is 0 Å². The highest BCUT2D eigenvalue weighted by Gasteiger charge is 2.15. The lowest BCUT2D eigenvalue weighted by Crippen LogP contribution is -2.30. The van der Waals surface area contributed by atoms with Crippen molar-refractivity contribution in [3.8, 4) is 5.75 Å². The van der Waals surface area contributed by atoms with Gasteiger partial charge in [0.1, 0.15) is 11.6 Å². The number of halogens is 1. The van der Waals surface area contributed by atoms with Crippen LogP contribution < -0.4 is 15.8 Å². The molecule has 0 aliphatic heterocycles. The number of benzene rings is 2. The van der Waals surface area contributed by atoms with Crippen LogP contribution in [0.1, 0.15) is 22.8 Å². The fraction of sp³-hybridized carbons (Fsp3) is 0.176. The normalized spacial score (nSPS) is 11.6. The Bertz CT molecular complexity index is 729. The molecule has 0 saturated carbocycles. The summed E-state index contributed by atoms with van der Waals surface area (Å²) in [6.45, 7) is 3.21. The van der Waals surface area contributed by atoms with E-state index in [2.05, 4.69) is 5.32 Å². The summed E-state index contributed by atoms with van der Waals surface area (Å²) < 4.78 is 18.9. The molecular weight excluding hydrogens is 299 g/mol. The lowest BCUT2D eigenvalue weighted by atomic mass is 10.2. The van der Waals surface area contributed by atoms with Crippen LogP contribution in [0.3, 0.4) is 0 Å². The summed E-state index contributed by atoms with van der Waals surface area (Å²) in [5.74, 6) is -0.915. The molecule has 0 saturated heterocycles. The Morgan fingerprint density at radius 2 is 1.83 bits per heavy atom. The van der Waals surface area contributed by atoms with Gasteiger partial charge in [0.25, 0.3) is 5.91 Å². The van der Waals surface area contributed by atoms with E-state index in [1.54, 1.807) is 38.1 Å². The van der Waals surface area contributed by atoms with Crippen molar-refractivity contribution >= 4 is 17.5 Å². The first-order valence-corrected chi connectivity index (χ1v) is 7.00. The Labute approximate surface area is 133 Å². The second-order valence-electron chi connectivity index (χ2n) is 5.10. The fourth-order valence-corrected chi connectivity index (χ4v) is 1.87. The summed E-state index contributed by atoms with van der Waals surface area (Å²) in [4.78, 5) is 23.0. The Balaban J connectivity index is 1.99. The van der Waals surface area contributed by atoms with E-state index in [1.807, 2.05) is 0 Å². The number of carbonyl (C=O) groups excluding carboxylic acids is 2. The highest BCUT2D eigenvalue weighted by molar-refractivity contribution is 5.94. The summed E-state index contributed by atoms with van der Waals surface area (Å²) in [5, 5.41) is 2.58. The summed E-state index contributed by atoms with van der Waals surface area (Å²) >= 11 is 0. The van der Waals surface area contributed by atoms with Gasteiger partial charge in [-0.05, 0) is 55.8 Å². The van der Waals surface area contributed by atoms with Gasteiger partial charge in [-0.1, -0.05) is 6.07 Å². The maximum absolute atomic E-state index is 13.5. The maximum atomic E-state index is 13.5. The largest absolute Gasteiger partial charge is 0.481 e. The van der Waals surface area contributed by atoms with Crippen LogP contribution >= 0.6 is 0 Å². The SMILES string of the molecule is Cc1ccc(NC(=O)C(C)Oc2ccc(C(N)=O)cc2)cc1F. The molecule has 2 rings (SSSR count). The molecule has 2 amide bonds. The number of primary amides is 1. The van der Waals surface area contributed by atoms with E-state index in [4.69, 9.17) is 10.5 Å². The zero-order valence-electron chi connectivity index (χ0n) is 12.8. The first kappa shape index (κ1) is 16.5. The fourth-order valence-electron chi connectivity index (χ4n) is 1.87. The van der Waals surface area contributed by atoms with Crippen LogP contribution in [-0.2, 0) is 4.79 Å². The number of amides is 2. The number of hydrogen-bond donors (Lipinski definition) is 2. The van der Waals surface area contributed by atoms with Crippen molar-refractivity contribution in [1.82, 2.24) is 0 Å². The van der Waals surface area contributed by atoms with Crippen LogP contribution in [0.25, 0.3) is 0 Å². The van der Waals surface area contributed by atoms with Crippen molar-refractivity contribution in [3.05, 3.63) is 59.4 Å². The molecule has 6 heteroatoms. The molecular formula is C17H17FN2O3. The molecule has 0 radical (unpaired) electrons. The molecule has 3 N–H and O–H groups in total. The molecule has 2 aromatic carbocycles. The number of rotatable bonds is 5. The van der Waals surface area contributed by atoms with E-state index >= 15 is 0 Å². The van der Waals surface area contributed by atoms with Crippen LogP contribution in [0.5, 0.6) is 5.75 Å². The van der Waals surface area contributed by atoms with E-state index in [-0.39, 0.29) is 0 Å². The molecule has 0 spiro atoms. The summed E-state index contributed by atoms with van der Waals surface area (Å²) in [5.41, 5.74) is 6.36. The highest BCUT2D eigenvalue weighted by Crippen LogP contribution is 2.16. The predicted molar refractivity (Wildman–Crippen MR) is 84.8 cm³/mol. The Morgan fingerprint density at radius 1 is 1.17 bits per heavy atom. The van der Waals surface area contributed by atoms with E-state index in [1.165, 1.54) is 18.2 Å². The monoisotopic (exact) mass is 316 g/mol. The number of anilines is 1. The number of nitrogens with one attached hydrogen (secondary N) is 1. The molecule has 0 aliphatic carbocycles. The van der Waals surface area contributed by atoms with Crippen molar-refractivity contribution in [2.24, 2.45) is 5.73 Å². The summed E-state index contributed by atoms with van der Waals surface area (Å²) in [6, 6.07) is 10.6. The minimum atomic E-state index is -0.793. The lowest BCUT2D eigenvalue weighted by Gasteiger charge is -2.15. The predicted octanol–water partition coefficient (Wildman–Crippen LogP) is 2.64. The van der Waals surface area contributed by atoms with Gasteiger partial charge in [-0.3, -0.25) is 9.59 Å². The lowest BCUT2D eigenvalue weighted by molar-refractivity contribution is -0.122. The van der Waals surface area contributed by atoms with Gasteiger partial charge in [0.15, 0.2) is 6.10 Å². The maximum Gasteiger partial charge on any atom is 0.265 e. The Hall–Kier alpha value is -2.89. The van der Waals surface area contributed by atoms with Gasteiger partial charge in [-0.15, -0.1) is 0 Å². The van der Waals surface area contributed by atoms with Crippen LogP contribution in [0, 0.1) is 12.7 Å². The first-order chi connectivity index (χ1) is 10.9. The zero-order valence-corrected chi connectivity index (χ0v) is 12.8. The summed E-state index contributed by atoms with van der Waals surface area (Å²) in [7, 11) is 0. The third-order valence-electron chi connectivity index (χ3n) is 3.26. The van der Waals surface area contributed by atoms with Crippen LogP contribution in [0.2, 0.25) is 0 Å². The molecule has 120 valence electrons. The minimum Gasteiger partial charge on any atom is -0.481 e. The van der Waals surface area contributed by atoms with E-state index in [0.717, 1.165) is 0 Å². The number of hydrogen-bond acceptors (Lipinski definition) is 3. The topological polar surface area (TPSA) is 81.4 Å². The Kier molecular flexibility index (Phi) is 4.95. The molecule has 0 bridgehead atoms. The van der Waals surface area contributed by atoms with Gasteiger partial charge in [0.05, 0.1) is 0 Å². The van der Waals surface area contributed by atoms with Crippen molar-refractivity contribution in [3.63, 3.8) is 0 Å². The Morgan fingerprint density at radius 3 is 2.39 bits per heavy atom. The third kappa shape index (κ3) is 4.29. The zero-order chi connectivity index (χ0) is 17.0. The molecule has 0 fully saturated rings. The molecule has 2 aromatic rings. The van der Waals surface area contributed by atoms with E-state index < -0.39 is 23.7 Å². The second kappa shape index (κ2) is 6.91. The number of ether oxygens (including phenoxy) is 1. The molecule has 1 atom stereocenters. The van der Waals surface area contributed by atoms with E-state index in [0.29, 0.717) is 22.6 Å². The van der Waals surface area contributed by atoms with Gasteiger partial charge in [0, 0.05) is 11.3 Å². The summed E-state index contributed by atoms with van der Waals surface area (Å²) in [6.07, 6.45) is -0.793. The third-order valence-corrected chi connectivity index (χ3v) is 3.26.